The van der Waals surface area contributed by atoms with Gasteiger partial charge >= 0.3 is 0 Å². The van der Waals surface area contributed by atoms with E-state index < -0.39 is 0 Å². The minimum atomic E-state index is 0.273. The van der Waals surface area contributed by atoms with E-state index in [1.54, 1.807) is 12.1 Å². The summed E-state index contributed by atoms with van der Waals surface area (Å²) in [5.74, 6) is 0.569. The highest BCUT2D eigenvalue weighted by atomic mass is 35.5. The van der Waals surface area contributed by atoms with Crippen molar-refractivity contribution in [1.82, 2.24) is 4.98 Å². The van der Waals surface area contributed by atoms with Crippen molar-refractivity contribution in [2.75, 3.05) is 5.32 Å². The van der Waals surface area contributed by atoms with Crippen molar-refractivity contribution >= 4 is 51.9 Å². The van der Waals surface area contributed by atoms with E-state index in [0.29, 0.717) is 27.1 Å². The van der Waals surface area contributed by atoms with E-state index in [2.05, 4.69) is 10.3 Å². The second-order valence-corrected chi connectivity index (χ2v) is 5.67. The average Bonchev–Trinajstić information content (AvgIpc) is 2.35. The predicted octanol–water partition coefficient (Wildman–Crippen LogP) is 4.38. The molecule has 1 aromatic heterocycles. The second-order valence-electron chi connectivity index (χ2n) is 4.42. The number of pyridine rings is 1. The van der Waals surface area contributed by atoms with Crippen LogP contribution in [-0.2, 0) is 0 Å². The molecule has 0 bridgehead atoms. The van der Waals surface area contributed by atoms with Crippen LogP contribution in [0, 0.1) is 13.8 Å². The number of benzene rings is 1. The Bertz CT molecular complexity index is 686. The minimum absolute atomic E-state index is 0.273. The zero-order chi connectivity index (χ0) is 14.9. The molecule has 104 valence electrons. The zero-order valence-corrected chi connectivity index (χ0v) is 13.3. The normalized spacial score (nSPS) is 10.4. The molecule has 0 aliphatic rings. The van der Waals surface area contributed by atoms with E-state index in [4.69, 9.17) is 41.2 Å². The summed E-state index contributed by atoms with van der Waals surface area (Å²) in [6, 6.07) is 7.23. The Morgan fingerprint density at radius 3 is 2.55 bits per heavy atom. The standard InChI is InChI=1S/C14H13Cl2N3S/c1-7-5-11(16)12(6-10(7)15)19-14-9(13(17)20)4-3-8(2)18-14/h3-6H,1-2H3,(H2,17,20)(H,18,19). The fourth-order valence-corrected chi connectivity index (χ4v) is 2.31. The van der Waals surface area contributed by atoms with Crippen LogP contribution in [0.3, 0.4) is 0 Å². The highest BCUT2D eigenvalue weighted by molar-refractivity contribution is 7.80. The molecule has 0 aliphatic carbocycles. The number of aryl methyl sites for hydroxylation is 2. The minimum Gasteiger partial charge on any atom is -0.389 e. The third-order valence-electron chi connectivity index (χ3n) is 2.80. The van der Waals surface area contributed by atoms with Crippen LogP contribution in [0.15, 0.2) is 24.3 Å². The van der Waals surface area contributed by atoms with Gasteiger partial charge in [-0.3, -0.25) is 0 Å². The molecule has 1 heterocycles. The van der Waals surface area contributed by atoms with E-state index in [0.717, 1.165) is 11.3 Å². The lowest BCUT2D eigenvalue weighted by molar-refractivity contribution is 1.19. The molecule has 0 unspecified atom stereocenters. The maximum absolute atomic E-state index is 6.21. The fourth-order valence-electron chi connectivity index (χ4n) is 1.72. The number of rotatable bonds is 3. The van der Waals surface area contributed by atoms with Gasteiger partial charge in [0, 0.05) is 10.7 Å². The van der Waals surface area contributed by atoms with Crippen LogP contribution in [-0.4, -0.2) is 9.97 Å². The Labute approximate surface area is 133 Å². The van der Waals surface area contributed by atoms with Gasteiger partial charge < -0.3 is 11.1 Å². The SMILES string of the molecule is Cc1ccc(C(N)=S)c(Nc2cc(Cl)c(C)cc2Cl)n1. The predicted molar refractivity (Wildman–Crippen MR) is 89.3 cm³/mol. The summed E-state index contributed by atoms with van der Waals surface area (Å²) in [6.07, 6.45) is 0. The number of anilines is 2. The molecular formula is C14H13Cl2N3S. The van der Waals surface area contributed by atoms with Gasteiger partial charge in [-0.1, -0.05) is 35.4 Å². The maximum Gasteiger partial charge on any atom is 0.140 e. The van der Waals surface area contributed by atoms with E-state index in [9.17, 15) is 0 Å². The summed E-state index contributed by atoms with van der Waals surface area (Å²) < 4.78 is 0. The van der Waals surface area contributed by atoms with E-state index in [1.807, 2.05) is 26.0 Å². The smallest absolute Gasteiger partial charge is 0.140 e. The molecule has 0 radical (unpaired) electrons. The Kier molecular flexibility index (Phi) is 4.48. The molecule has 0 amide bonds. The summed E-state index contributed by atoms with van der Waals surface area (Å²) >= 11 is 17.4. The molecule has 0 saturated heterocycles. The lowest BCUT2D eigenvalue weighted by atomic mass is 10.2. The van der Waals surface area contributed by atoms with Crippen LogP contribution in [0.1, 0.15) is 16.8 Å². The second kappa shape index (κ2) is 5.95. The first kappa shape index (κ1) is 15.0. The molecule has 0 aliphatic heterocycles. The van der Waals surface area contributed by atoms with Gasteiger partial charge in [-0.25, -0.2) is 4.98 Å². The number of aromatic nitrogens is 1. The van der Waals surface area contributed by atoms with Crippen LogP contribution in [0.5, 0.6) is 0 Å². The number of nitrogens with two attached hydrogens (primary N) is 1. The first-order valence-corrected chi connectivity index (χ1v) is 7.05. The van der Waals surface area contributed by atoms with Crippen LogP contribution in [0.4, 0.5) is 11.5 Å². The number of hydrogen-bond acceptors (Lipinski definition) is 3. The number of nitrogens with zero attached hydrogens (tertiary/aromatic N) is 1. The highest BCUT2D eigenvalue weighted by Crippen LogP contribution is 2.31. The van der Waals surface area contributed by atoms with Gasteiger partial charge in [-0.15, -0.1) is 0 Å². The molecule has 3 nitrogen and oxygen atoms in total. The van der Waals surface area contributed by atoms with Gasteiger partial charge in [0.15, 0.2) is 0 Å². The van der Waals surface area contributed by atoms with E-state index in [1.165, 1.54) is 0 Å². The third-order valence-corrected chi connectivity index (χ3v) is 3.74. The Morgan fingerprint density at radius 1 is 1.20 bits per heavy atom. The molecule has 0 fully saturated rings. The lowest BCUT2D eigenvalue weighted by Crippen LogP contribution is -2.13. The van der Waals surface area contributed by atoms with E-state index >= 15 is 0 Å². The Hall–Kier alpha value is -1.36. The molecule has 2 rings (SSSR count). The van der Waals surface area contributed by atoms with E-state index in [-0.39, 0.29) is 4.99 Å². The maximum atomic E-state index is 6.21. The largest absolute Gasteiger partial charge is 0.389 e. The lowest BCUT2D eigenvalue weighted by Gasteiger charge is -2.13. The number of halogens is 2. The van der Waals surface area contributed by atoms with Crippen molar-refractivity contribution in [2.45, 2.75) is 13.8 Å². The molecular weight excluding hydrogens is 313 g/mol. The van der Waals surface area contributed by atoms with Crippen molar-refractivity contribution in [3.05, 3.63) is 51.1 Å². The van der Waals surface area contributed by atoms with Crippen molar-refractivity contribution in [3.63, 3.8) is 0 Å². The summed E-state index contributed by atoms with van der Waals surface area (Å²) in [5.41, 5.74) is 8.79. The summed E-state index contributed by atoms with van der Waals surface area (Å²) in [7, 11) is 0. The first-order chi connectivity index (χ1) is 9.38. The van der Waals surface area contributed by atoms with Gasteiger partial charge in [0.25, 0.3) is 0 Å². The number of hydrogen-bond donors (Lipinski definition) is 2. The third kappa shape index (κ3) is 3.20. The van der Waals surface area contributed by atoms with Crippen molar-refractivity contribution in [2.24, 2.45) is 5.73 Å². The molecule has 0 atom stereocenters. The molecule has 2 aromatic rings. The van der Waals surface area contributed by atoms with Gasteiger partial charge in [0.2, 0.25) is 0 Å². The van der Waals surface area contributed by atoms with Crippen molar-refractivity contribution in [3.8, 4) is 0 Å². The van der Waals surface area contributed by atoms with Gasteiger partial charge in [-0.2, -0.15) is 0 Å². The van der Waals surface area contributed by atoms with Crippen LogP contribution < -0.4 is 11.1 Å². The Balaban J connectivity index is 2.47. The molecule has 20 heavy (non-hydrogen) atoms. The summed E-state index contributed by atoms with van der Waals surface area (Å²) in [5, 5.41) is 4.32. The zero-order valence-electron chi connectivity index (χ0n) is 11.0. The monoisotopic (exact) mass is 325 g/mol. The van der Waals surface area contributed by atoms with Gasteiger partial charge in [0.1, 0.15) is 10.8 Å². The summed E-state index contributed by atoms with van der Waals surface area (Å²) in [4.78, 5) is 4.68. The number of nitrogens with one attached hydrogen (secondary N) is 1. The molecule has 0 spiro atoms. The molecule has 6 heteroatoms. The highest BCUT2D eigenvalue weighted by Gasteiger charge is 2.11. The molecule has 3 N–H and O–H groups in total. The average molecular weight is 326 g/mol. The topological polar surface area (TPSA) is 50.9 Å². The van der Waals surface area contributed by atoms with Crippen LogP contribution in [0.2, 0.25) is 10.0 Å². The van der Waals surface area contributed by atoms with Gasteiger partial charge in [0.05, 0.1) is 16.3 Å². The molecule has 1 aromatic carbocycles. The van der Waals surface area contributed by atoms with Crippen molar-refractivity contribution < 1.29 is 0 Å². The van der Waals surface area contributed by atoms with Gasteiger partial charge in [-0.05, 0) is 43.7 Å². The number of thiocarbonyl (C=S) groups is 1. The Morgan fingerprint density at radius 2 is 1.90 bits per heavy atom. The quantitative estimate of drug-likeness (QED) is 0.822. The summed E-state index contributed by atoms with van der Waals surface area (Å²) in [6.45, 7) is 3.78. The van der Waals surface area contributed by atoms with Crippen LogP contribution in [0.25, 0.3) is 0 Å². The molecule has 0 saturated carbocycles. The fraction of sp³-hybridized carbons (Fsp3) is 0.143. The first-order valence-electron chi connectivity index (χ1n) is 5.88. The van der Waals surface area contributed by atoms with Crippen molar-refractivity contribution in [1.29, 1.82) is 0 Å². The van der Waals surface area contributed by atoms with Crippen LogP contribution >= 0.6 is 35.4 Å².